The van der Waals surface area contributed by atoms with Crippen molar-refractivity contribution in [1.29, 1.82) is 0 Å². The van der Waals surface area contributed by atoms with Gasteiger partial charge < -0.3 is 10.6 Å². The average Bonchev–Trinajstić information content (AvgIpc) is 2.94. The normalized spacial score (nSPS) is 14.2. The van der Waals surface area contributed by atoms with Crippen molar-refractivity contribution < 1.29 is 4.79 Å². The Labute approximate surface area is 125 Å². The number of rotatable bonds is 3. The van der Waals surface area contributed by atoms with E-state index >= 15 is 0 Å². The smallest absolute Gasteiger partial charge is 0.251 e. The molecule has 0 aliphatic carbocycles. The summed E-state index contributed by atoms with van der Waals surface area (Å²) in [4.78, 5) is 12.4. The van der Waals surface area contributed by atoms with Crippen LogP contribution >= 0.6 is 0 Å². The van der Waals surface area contributed by atoms with Crippen LogP contribution in [0.1, 0.15) is 40.0 Å². The van der Waals surface area contributed by atoms with E-state index in [4.69, 9.17) is 0 Å². The maximum atomic E-state index is 12.4. The molecule has 3 nitrogen and oxygen atoms in total. The lowest BCUT2D eigenvalue weighted by Crippen LogP contribution is -2.26. The summed E-state index contributed by atoms with van der Waals surface area (Å²) in [6.45, 7) is 5.03. The van der Waals surface area contributed by atoms with Gasteiger partial charge in [-0.2, -0.15) is 0 Å². The van der Waals surface area contributed by atoms with Gasteiger partial charge in [-0.05, 0) is 43.5 Å². The Balaban J connectivity index is 1.74. The highest BCUT2D eigenvalue weighted by molar-refractivity contribution is 5.95. The first-order valence-electron chi connectivity index (χ1n) is 7.38. The number of carbonyl (C=O) groups excluding carboxylic acids is 1. The van der Waals surface area contributed by atoms with E-state index in [2.05, 4.69) is 29.7 Å². The number of amides is 1. The average molecular weight is 280 g/mol. The molecule has 108 valence electrons. The molecule has 0 spiro atoms. The predicted molar refractivity (Wildman–Crippen MR) is 85.7 cm³/mol. The van der Waals surface area contributed by atoms with E-state index in [0.717, 1.165) is 24.2 Å². The third-order valence-electron chi connectivity index (χ3n) is 3.97. The first-order chi connectivity index (χ1) is 10.1. The van der Waals surface area contributed by atoms with Gasteiger partial charge in [-0.3, -0.25) is 4.79 Å². The number of hydrogen-bond acceptors (Lipinski definition) is 2. The van der Waals surface area contributed by atoms with Crippen LogP contribution in [0.3, 0.4) is 0 Å². The highest BCUT2D eigenvalue weighted by atomic mass is 16.1. The van der Waals surface area contributed by atoms with E-state index in [-0.39, 0.29) is 11.9 Å². The maximum Gasteiger partial charge on any atom is 0.251 e. The summed E-state index contributed by atoms with van der Waals surface area (Å²) in [5.41, 5.74) is 5.42. The van der Waals surface area contributed by atoms with Crippen LogP contribution in [0.2, 0.25) is 0 Å². The summed E-state index contributed by atoms with van der Waals surface area (Å²) < 4.78 is 0. The molecule has 0 saturated heterocycles. The second-order valence-corrected chi connectivity index (χ2v) is 5.66. The van der Waals surface area contributed by atoms with Gasteiger partial charge in [0.2, 0.25) is 0 Å². The number of hydrogen-bond donors (Lipinski definition) is 2. The lowest BCUT2D eigenvalue weighted by atomic mass is 10.0. The minimum absolute atomic E-state index is 0.00128. The summed E-state index contributed by atoms with van der Waals surface area (Å²) in [5.74, 6) is -0.0273. The standard InChI is InChI=1S/C18H20N2O/c1-12-4-3-5-15(10-12)13(2)20-18(21)16-7-6-14-8-9-19-17(14)11-16/h3-7,10-11,13,19H,8-9H2,1-2H3,(H,20,21)/t13-/m1/s1. The fraction of sp³-hybridized carbons (Fsp3) is 0.278. The quantitative estimate of drug-likeness (QED) is 0.904. The molecular weight excluding hydrogens is 260 g/mol. The number of benzene rings is 2. The number of carbonyl (C=O) groups is 1. The van der Waals surface area contributed by atoms with Crippen LogP contribution in [0.4, 0.5) is 5.69 Å². The molecule has 0 saturated carbocycles. The molecule has 2 N–H and O–H groups in total. The van der Waals surface area contributed by atoms with Crippen LogP contribution < -0.4 is 10.6 Å². The molecule has 1 amide bonds. The lowest BCUT2D eigenvalue weighted by molar-refractivity contribution is 0.0940. The summed E-state index contributed by atoms with van der Waals surface area (Å²) in [7, 11) is 0. The van der Waals surface area contributed by atoms with Gasteiger partial charge in [0.25, 0.3) is 5.91 Å². The van der Waals surface area contributed by atoms with E-state index in [0.29, 0.717) is 5.56 Å². The van der Waals surface area contributed by atoms with Gasteiger partial charge in [0, 0.05) is 17.8 Å². The Bertz CT molecular complexity index is 679. The Morgan fingerprint density at radius 2 is 2.10 bits per heavy atom. The molecule has 0 aromatic heterocycles. The zero-order chi connectivity index (χ0) is 14.8. The monoisotopic (exact) mass is 280 g/mol. The summed E-state index contributed by atoms with van der Waals surface area (Å²) in [5, 5.41) is 6.37. The van der Waals surface area contributed by atoms with Gasteiger partial charge in [-0.25, -0.2) is 0 Å². The minimum Gasteiger partial charge on any atom is -0.384 e. The van der Waals surface area contributed by atoms with Crippen molar-refractivity contribution in [3.8, 4) is 0 Å². The summed E-state index contributed by atoms with van der Waals surface area (Å²) >= 11 is 0. The largest absolute Gasteiger partial charge is 0.384 e. The molecule has 1 aliphatic heterocycles. The SMILES string of the molecule is Cc1cccc([C@@H](C)NC(=O)c2ccc3c(c2)NCC3)c1. The van der Waals surface area contributed by atoms with Crippen LogP contribution in [0.5, 0.6) is 0 Å². The molecule has 1 heterocycles. The van der Waals surface area contributed by atoms with Gasteiger partial charge >= 0.3 is 0 Å². The summed E-state index contributed by atoms with van der Waals surface area (Å²) in [6, 6.07) is 14.1. The Morgan fingerprint density at radius 1 is 1.24 bits per heavy atom. The predicted octanol–water partition coefficient (Wildman–Crippen LogP) is 3.45. The Kier molecular flexibility index (Phi) is 3.65. The Hall–Kier alpha value is -2.29. The van der Waals surface area contributed by atoms with E-state index < -0.39 is 0 Å². The number of fused-ring (bicyclic) bond motifs is 1. The molecule has 21 heavy (non-hydrogen) atoms. The van der Waals surface area contributed by atoms with Crippen LogP contribution in [0.15, 0.2) is 42.5 Å². The molecule has 0 fully saturated rings. The van der Waals surface area contributed by atoms with Crippen molar-refractivity contribution in [3.05, 3.63) is 64.7 Å². The van der Waals surface area contributed by atoms with E-state index in [1.54, 1.807) is 0 Å². The van der Waals surface area contributed by atoms with Crippen molar-refractivity contribution in [1.82, 2.24) is 5.32 Å². The minimum atomic E-state index is -0.0273. The van der Waals surface area contributed by atoms with Crippen molar-refractivity contribution in [2.75, 3.05) is 11.9 Å². The number of anilines is 1. The fourth-order valence-electron chi connectivity index (χ4n) is 2.73. The molecule has 0 unspecified atom stereocenters. The second kappa shape index (κ2) is 5.60. The topological polar surface area (TPSA) is 41.1 Å². The van der Waals surface area contributed by atoms with Crippen molar-refractivity contribution in [3.63, 3.8) is 0 Å². The molecular formula is C18H20N2O. The molecule has 2 aromatic carbocycles. The zero-order valence-corrected chi connectivity index (χ0v) is 12.4. The van der Waals surface area contributed by atoms with Crippen LogP contribution in [-0.4, -0.2) is 12.5 Å². The van der Waals surface area contributed by atoms with E-state index in [9.17, 15) is 4.79 Å². The molecule has 0 radical (unpaired) electrons. The maximum absolute atomic E-state index is 12.4. The summed E-state index contributed by atoms with van der Waals surface area (Å²) in [6.07, 6.45) is 1.04. The third kappa shape index (κ3) is 2.92. The molecule has 3 rings (SSSR count). The molecule has 2 aromatic rings. The lowest BCUT2D eigenvalue weighted by Gasteiger charge is -2.15. The van der Waals surface area contributed by atoms with Gasteiger partial charge in [0.15, 0.2) is 0 Å². The van der Waals surface area contributed by atoms with Crippen molar-refractivity contribution in [2.45, 2.75) is 26.3 Å². The van der Waals surface area contributed by atoms with Gasteiger partial charge in [0.1, 0.15) is 0 Å². The van der Waals surface area contributed by atoms with Crippen LogP contribution in [-0.2, 0) is 6.42 Å². The highest BCUT2D eigenvalue weighted by Gasteiger charge is 2.15. The number of aryl methyl sites for hydroxylation is 1. The Morgan fingerprint density at radius 3 is 2.90 bits per heavy atom. The first kappa shape index (κ1) is 13.7. The van der Waals surface area contributed by atoms with Crippen LogP contribution in [0, 0.1) is 6.92 Å². The third-order valence-corrected chi connectivity index (χ3v) is 3.97. The number of nitrogens with one attached hydrogen (secondary N) is 2. The van der Waals surface area contributed by atoms with Crippen molar-refractivity contribution >= 4 is 11.6 Å². The zero-order valence-electron chi connectivity index (χ0n) is 12.4. The fourth-order valence-corrected chi connectivity index (χ4v) is 2.73. The van der Waals surface area contributed by atoms with Gasteiger partial charge in [-0.1, -0.05) is 35.9 Å². The molecule has 3 heteroatoms. The molecule has 0 bridgehead atoms. The first-order valence-corrected chi connectivity index (χ1v) is 7.38. The van der Waals surface area contributed by atoms with Crippen LogP contribution in [0.25, 0.3) is 0 Å². The van der Waals surface area contributed by atoms with E-state index in [1.807, 2.05) is 37.3 Å². The van der Waals surface area contributed by atoms with Gasteiger partial charge in [0.05, 0.1) is 6.04 Å². The van der Waals surface area contributed by atoms with Gasteiger partial charge in [-0.15, -0.1) is 0 Å². The van der Waals surface area contributed by atoms with Crippen molar-refractivity contribution in [2.24, 2.45) is 0 Å². The second-order valence-electron chi connectivity index (χ2n) is 5.66. The highest BCUT2D eigenvalue weighted by Crippen LogP contribution is 2.23. The molecule has 1 atom stereocenters. The molecule has 1 aliphatic rings. The van der Waals surface area contributed by atoms with E-state index in [1.165, 1.54) is 11.1 Å².